The average Bonchev–Trinajstić information content (AvgIpc) is 3.01. The topological polar surface area (TPSA) is 61.9 Å². The van der Waals surface area contributed by atoms with E-state index in [4.69, 9.17) is 9.84 Å². The van der Waals surface area contributed by atoms with Gasteiger partial charge in [0.15, 0.2) is 0 Å². The van der Waals surface area contributed by atoms with Crippen LogP contribution in [0.1, 0.15) is 5.56 Å². The first-order valence-corrected chi connectivity index (χ1v) is 4.90. The van der Waals surface area contributed by atoms with Gasteiger partial charge in [-0.15, -0.1) is 0 Å². The van der Waals surface area contributed by atoms with E-state index in [0.29, 0.717) is 13.0 Å². The minimum atomic E-state index is -0.994. The fourth-order valence-corrected chi connectivity index (χ4v) is 1.59. The normalized spacial score (nSPS) is 20.7. The molecule has 2 unspecified atom stereocenters. The number of carbonyl (C=O) groups is 1. The van der Waals surface area contributed by atoms with Crippen molar-refractivity contribution in [2.24, 2.45) is 0 Å². The number of ether oxygens (including phenoxy) is 1. The highest BCUT2D eigenvalue weighted by molar-refractivity contribution is 5.65. The van der Waals surface area contributed by atoms with E-state index in [2.05, 4.69) is 5.32 Å². The second kappa shape index (κ2) is 4.31. The van der Waals surface area contributed by atoms with E-state index in [9.17, 15) is 4.79 Å². The zero-order valence-electron chi connectivity index (χ0n) is 8.22. The molecule has 4 heteroatoms. The standard InChI is InChI=1S/C11H13NO3/c13-11(14)12-9(10-7-15-10)6-8-4-2-1-3-5-8/h1-5,9-10,12H,6-7H2,(H,13,14). The van der Waals surface area contributed by atoms with Crippen LogP contribution in [0.25, 0.3) is 0 Å². The predicted octanol–water partition coefficient (Wildman–Crippen LogP) is 1.26. The average molecular weight is 207 g/mol. The maximum atomic E-state index is 10.6. The van der Waals surface area contributed by atoms with Crippen LogP contribution in [0.5, 0.6) is 0 Å². The van der Waals surface area contributed by atoms with Gasteiger partial charge >= 0.3 is 6.09 Å². The third kappa shape index (κ3) is 2.95. The van der Waals surface area contributed by atoms with E-state index < -0.39 is 6.09 Å². The Morgan fingerprint density at radius 2 is 2.20 bits per heavy atom. The molecule has 2 N–H and O–H groups in total. The van der Waals surface area contributed by atoms with Crippen molar-refractivity contribution in [3.63, 3.8) is 0 Å². The quantitative estimate of drug-likeness (QED) is 0.731. The number of carboxylic acid groups (broad SMARTS) is 1. The van der Waals surface area contributed by atoms with Crippen LogP contribution in [0.2, 0.25) is 0 Å². The zero-order chi connectivity index (χ0) is 10.7. The number of hydrogen-bond acceptors (Lipinski definition) is 2. The molecule has 0 radical (unpaired) electrons. The first-order valence-electron chi connectivity index (χ1n) is 4.90. The summed E-state index contributed by atoms with van der Waals surface area (Å²) in [4.78, 5) is 10.6. The van der Waals surface area contributed by atoms with Gasteiger partial charge in [-0.1, -0.05) is 30.3 Å². The van der Waals surface area contributed by atoms with Gasteiger partial charge in [0, 0.05) is 0 Å². The van der Waals surface area contributed by atoms with Crippen molar-refractivity contribution >= 4 is 6.09 Å². The summed E-state index contributed by atoms with van der Waals surface area (Å²) in [6, 6.07) is 9.67. The first-order chi connectivity index (χ1) is 7.25. The number of nitrogens with one attached hydrogen (secondary N) is 1. The molecule has 0 saturated carbocycles. The fraction of sp³-hybridized carbons (Fsp3) is 0.364. The lowest BCUT2D eigenvalue weighted by Crippen LogP contribution is -2.39. The molecule has 2 atom stereocenters. The zero-order valence-corrected chi connectivity index (χ0v) is 8.22. The van der Waals surface area contributed by atoms with Crippen LogP contribution in [-0.4, -0.2) is 30.0 Å². The molecule has 2 rings (SSSR count). The van der Waals surface area contributed by atoms with Crippen LogP contribution in [0.3, 0.4) is 0 Å². The molecule has 4 nitrogen and oxygen atoms in total. The van der Waals surface area contributed by atoms with Gasteiger partial charge in [0.25, 0.3) is 0 Å². The Kier molecular flexibility index (Phi) is 2.87. The molecule has 80 valence electrons. The Balaban J connectivity index is 1.97. The van der Waals surface area contributed by atoms with Gasteiger partial charge in [-0.25, -0.2) is 4.79 Å². The third-order valence-corrected chi connectivity index (χ3v) is 2.42. The summed E-state index contributed by atoms with van der Waals surface area (Å²) in [5.41, 5.74) is 1.12. The molecule has 1 aromatic carbocycles. The summed E-state index contributed by atoms with van der Waals surface area (Å²) < 4.78 is 5.12. The molecule has 1 aromatic rings. The van der Waals surface area contributed by atoms with Gasteiger partial charge in [-0.2, -0.15) is 0 Å². The van der Waals surface area contributed by atoms with Gasteiger partial charge < -0.3 is 15.2 Å². The molecular formula is C11H13NO3. The Labute approximate surface area is 87.9 Å². The lowest BCUT2D eigenvalue weighted by atomic mass is 10.0. The molecule has 1 heterocycles. The second-order valence-corrected chi connectivity index (χ2v) is 3.62. The highest BCUT2D eigenvalue weighted by atomic mass is 16.6. The number of epoxide rings is 1. The number of benzene rings is 1. The summed E-state index contributed by atoms with van der Waals surface area (Å²) in [7, 11) is 0. The maximum absolute atomic E-state index is 10.6. The molecule has 0 aromatic heterocycles. The molecular weight excluding hydrogens is 194 g/mol. The Bertz CT molecular complexity index is 335. The molecule has 1 aliphatic heterocycles. The SMILES string of the molecule is O=C(O)NC(Cc1ccccc1)C1CO1. The van der Waals surface area contributed by atoms with Crippen molar-refractivity contribution in [1.29, 1.82) is 0 Å². The monoisotopic (exact) mass is 207 g/mol. The summed E-state index contributed by atoms with van der Waals surface area (Å²) in [6.45, 7) is 0.651. The Morgan fingerprint density at radius 3 is 2.73 bits per heavy atom. The number of amides is 1. The van der Waals surface area contributed by atoms with E-state index in [1.165, 1.54) is 0 Å². The molecule has 1 aliphatic rings. The van der Waals surface area contributed by atoms with E-state index in [1.54, 1.807) is 0 Å². The third-order valence-electron chi connectivity index (χ3n) is 2.42. The summed E-state index contributed by atoms with van der Waals surface area (Å²) in [5, 5.41) is 11.2. The summed E-state index contributed by atoms with van der Waals surface area (Å²) in [5.74, 6) is 0. The van der Waals surface area contributed by atoms with Crippen LogP contribution in [0.4, 0.5) is 4.79 Å². The van der Waals surface area contributed by atoms with Crippen molar-refractivity contribution in [2.45, 2.75) is 18.6 Å². The van der Waals surface area contributed by atoms with E-state index in [-0.39, 0.29) is 12.1 Å². The molecule has 0 aliphatic carbocycles. The van der Waals surface area contributed by atoms with Gasteiger partial charge in [0.1, 0.15) is 6.10 Å². The van der Waals surface area contributed by atoms with Crippen molar-refractivity contribution in [3.8, 4) is 0 Å². The van der Waals surface area contributed by atoms with E-state index in [0.717, 1.165) is 5.56 Å². The van der Waals surface area contributed by atoms with Crippen molar-refractivity contribution < 1.29 is 14.6 Å². The van der Waals surface area contributed by atoms with Crippen molar-refractivity contribution in [1.82, 2.24) is 5.32 Å². The minimum absolute atomic E-state index is 0.0429. The van der Waals surface area contributed by atoms with Crippen LogP contribution in [-0.2, 0) is 11.2 Å². The van der Waals surface area contributed by atoms with Crippen LogP contribution in [0.15, 0.2) is 30.3 Å². The largest absolute Gasteiger partial charge is 0.465 e. The van der Waals surface area contributed by atoms with Crippen molar-refractivity contribution in [3.05, 3.63) is 35.9 Å². The predicted molar refractivity (Wildman–Crippen MR) is 54.8 cm³/mol. The first kappa shape index (κ1) is 9.98. The van der Waals surface area contributed by atoms with Crippen LogP contribution < -0.4 is 5.32 Å². The second-order valence-electron chi connectivity index (χ2n) is 3.62. The van der Waals surface area contributed by atoms with Gasteiger partial charge in [0.05, 0.1) is 12.6 Å². The van der Waals surface area contributed by atoms with Gasteiger partial charge in [0.2, 0.25) is 0 Å². The van der Waals surface area contributed by atoms with Crippen LogP contribution in [0, 0.1) is 0 Å². The molecule has 0 bridgehead atoms. The molecule has 1 saturated heterocycles. The summed E-state index contributed by atoms with van der Waals surface area (Å²) in [6.07, 6.45) is -0.273. The number of rotatable bonds is 4. The lowest BCUT2D eigenvalue weighted by Gasteiger charge is -2.14. The summed E-state index contributed by atoms with van der Waals surface area (Å²) >= 11 is 0. The molecule has 15 heavy (non-hydrogen) atoms. The van der Waals surface area contributed by atoms with Gasteiger partial charge in [-0.05, 0) is 12.0 Å². The molecule has 0 spiro atoms. The fourth-order valence-electron chi connectivity index (χ4n) is 1.59. The molecule has 1 amide bonds. The Hall–Kier alpha value is -1.55. The van der Waals surface area contributed by atoms with E-state index in [1.807, 2.05) is 30.3 Å². The van der Waals surface area contributed by atoms with Crippen molar-refractivity contribution in [2.75, 3.05) is 6.61 Å². The van der Waals surface area contributed by atoms with Crippen LogP contribution >= 0.6 is 0 Å². The minimum Gasteiger partial charge on any atom is -0.465 e. The smallest absolute Gasteiger partial charge is 0.404 e. The number of hydrogen-bond donors (Lipinski definition) is 2. The van der Waals surface area contributed by atoms with Gasteiger partial charge in [-0.3, -0.25) is 0 Å². The highest BCUT2D eigenvalue weighted by Crippen LogP contribution is 2.17. The maximum Gasteiger partial charge on any atom is 0.404 e. The highest BCUT2D eigenvalue weighted by Gasteiger charge is 2.33. The Morgan fingerprint density at radius 1 is 1.53 bits per heavy atom. The molecule has 1 fully saturated rings. The lowest BCUT2D eigenvalue weighted by molar-refractivity contribution is 0.186. The van der Waals surface area contributed by atoms with E-state index >= 15 is 0 Å².